The standard InChI is InChI=1S/C10H13FN2O/c1-10(2)6-12-13-8-5-7(11)3-4-9(8)14-10/h3-5,12-13H,6H2,1-2H3. The van der Waals surface area contributed by atoms with Gasteiger partial charge in [0.15, 0.2) is 0 Å². The smallest absolute Gasteiger partial charge is 0.144 e. The largest absolute Gasteiger partial charge is 0.484 e. The third kappa shape index (κ3) is 1.80. The molecule has 1 heterocycles. The molecule has 0 unspecified atom stereocenters. The van der Waals surface area contributed by atoms with Gasteiger partial charge in [-0.2, -0.15) is 0 Å². The summed E-state index contributed by atoms with van der Waals surface area (Å²) in [7, 11) is 0. The van der Waals surface area contributed by atoms with Crippen LogP contribution >= 0.6 is 0 Å². The summed E-state index contributed by atoms with van der Waals surface area (Å²) in [5, 5.41) is 0. The van der Waals surface area contributed by atoms with Crippen LogP contribution in [0.3, 0.4) is 0 Å². The van der Waals surface area contributed by atoms with E-state index in [4.69, 9.17) is 4.74 Å². The van der Waals surface area contributed by atoms with Crippen molar-refractivity contribution in [3.8, 4) is 5.75 Å². The second-order valence-corrected chi connectivity index (χ2v) is 3.98. The molecule has 1 aromatic carbocycles. The lowest BCUT2D eigenvalue weighted by molar-refractivity contribution is 0.116. The molecule has 14 heavy (non-hydrogen) atoms. The van der Waals surface area contributed by atoms with Gasteiger partial charge in [-0.3, -0.25) is 0 Å². The summed E-state index contributed by atoms with van der Waals surface area (Å²) in [5.41, 5.74) is 6.23. The van der Waals surface area contributed by atoms with Gasteiger partial charge < -0.3 is 10.2 Å². The number of hydrazine groups is 1. The van der Waals surface area contributed by atoms with Gasteiger partial charge in [0.25, 0.3) is 0 Å². The molecule has 1 aromatic rings. The predicted molar refractivity (Wildman–Crippen MR) is 52.7 cm³/mol. The molecule has 76 valence electrons. The number of hydrogen-bond acceptors (Lipinski definition) is 3. The van der Waals surface area contributed by atoms with Gasteiger partial charge in [0, 0.05) is 6.07 Å². The molecule has 0 fully saturated rings. The topological polar surface area (TPSA) is 33.3 Å². The fourth-order valence-electron chi connectivity index (χ4n) is 1.37. The lowest BCUT2D eigenvalue weighted by atomic mass is 10.1. The van der Waals surface area contributed by atoms with E-state index in [9.17, 15) is 4.39 Å². The molecule has 1 aliphatic heterocycles. The van der Waals surface area contributed by atoms with Gasteiger partial charge >= 0.3 is 0 Å². The van der Waals surface area contributed by atoms with E-state index in [0.29, 0.717) is 18.0 Å². The Morgan fingerprint density at radius 3 is 3.00 bits per heavy atom. The van der Waals surface area contributed by atoms with Crippen molar-refractivity contribution in [2.24, 2.45) is 0 Å². The summed E-state index contributed by atoms with van der Waals surface area (Å²) in [6.45, 7) is 4.60. The van der Waals surface area contributed by atoms with E-state index in [-0.39, 0.29) is 11.4 Å². The van der Waals surface area contributed by atoms with Crippen LogP contribution < -0.4 is 15.6 Å². The summed E-state index contributed by atoms with van der Waals surface area (Å²) in [5.74, 6) is 0.391. The Labute approximate surface area is 82.2 Å². The van der Waals surface area contributed by atoms with Crippen LogP contribution in [0, 0.1) is 5.82 Å². The Hall–Kier alpha value is -1.29. The predicted octanol–water partition coefficient (Wildman–Crippen LogP) is 1.91. The van der Waals surface area contributed by atoms with Crippen LogP contribution in [0.15, 0.2) is 18.2 Å². The fourth-order valence-corrected chi connectivity index (χ4v) is 1.37. The second-order valence-electron chi connectivity index (χ2n) is 3.98. The summed E-state index contributed by atoms with van der Waals surface area (Å²) < 4.78 is 18.6. The number of halogens is 1. The molecular weight excluding hydrogens is 183 g/mol. The normalized spacial score (nSPS) is 18.8. The van der Waals surface area contributed by atoms with E-state index in [1.54, 1.807) is 6.07 Å². The maximum atomic E-state index is 12.9. The van der Waals surface area contributed by atoms with Gasteiger partial charge in [0.1, 0.15) is 17.2 Å². The number of ether oxygens (including phenoxy) is 1. The molecule has 0 amide bonds. The van der Waals surface area contributed by atoms with Crippen molar-refractivity contribution < 1.29 is 9.13 Å². The van der Waals surface area contributed by atoms with Crippen molar-refractivity contribution in [2.75, 3.05) is 12.0 Å². The lowest BCUT2D eigenvalue weighted by Gasteiger charge is -2.23. The van der Waals surface area contributed by atoms with Crippen molar-refractivity contribution in [3.63, 3.8) is 0 Å². The maximum absolute atomic E-state index is 12.9. The second kappa shape index (κ2) is 3.13. The van der Waals surface area contributed by atoms with Crippen molar-refractivity contribution in [2.45, 2.75) is 19.4 Å². The first-order valence-electron chi connectivity index (χ1n) is 4.54. The van der Waals surface area contributed by atoms with E-state index in [0.717, 1.165) is 0 Å². The minimum Gasteiger partial charge on any atom is -0.484 e. The van der Waals surface area contributed by atoms with Crippen LogP contribution in [0.5, 0.6) is 5.75 Å². The van der Waals surface area contributed by atoms with E-state index in [1.807, 2.05) is 13.8 Å². The zero-order chi connectivity index (χ0) is 10.2. The highest BCUT2D eigenvalue weighted by molar-refractivity contribution is 5.56. The number of nitrogens with one attached hydrogen (secondary N) is 2. The monoisotopic (exact) mass is 196 g/mol. The van der Waals surface area contributed by atoms with Gasteiger partial charge in [-0.05, 0) is 26.0 Å². The molecule has 0 aromatic heterocycles. The van der Waals surface area contributed by atoms with Crippen LogP contribution in [-0.4, -0.2) is 12.1 Å². The molecule has 0 bridgehead atoms. The first-order valence-corrected chi connectivity index (χ1v) is 4.54. The average Bonchev–Trinajstić information content (AvgIpc) is 2.22. The quantitative estimate of drug-likeness (QED) is 0.665. The van der Waals surface area contributed by atoms with E-state index in [1.165, 1.54) is 12.1 Å². The van der Waals surface area contributed by atoms with Crippen LogP contribution in [0.4, 0.5) is 10.1 Å². The summed E-state index contributed by atoms with van der Waals surface area (Å²) >= 11 is 0. The van der Waals surface area contributed by atoms with Crippen molar-refractivity contribution in [1.82, 2.24) is 5.43 Å². The third-order valence-corrected chi connectivity index (χ3v) is 2.07. The zero-order valence-electron chi connectivity index (χ0n) is 8.23. The van der Waals surface area contributed by atoms with Crippen LogP contribution in [0.2, 0.25) is 0 Å². The van der Waals surface area contributed by atoms with E-state index >= 15 is 0 Å². The molecule has 0 atom stereocenters. The first-order chi connectivity index (χ1) is 6.57. The van der Waals surface area contributed by atoms with Crippen molar-refractivity contribution in [1.29, 1.82) is 0 Å². The number of fused-ring (bicyclic) bond motifs is 1. The molecule has 0 saturated carbocycles. The number of anilines is 1. The van der Waals surface area contributed by atoms with E-state index < -0.39 is 0 Å². The molecule has 0 spiro atoms. The van der Waals surface area contributed by atoms with Gasteiger partial charge in [0.05, 0.1) is 12.2 Å². The van der Waals surface area contributed by atoms with Crippen LogP contribution in [0.25, 0.3) is 0 Å². The molecule has 4 heteroatoms. The average molecular weight is 196 g/mol. The Morgan fingerprint density at radius 2 is 2.21 bits per heavy atom. The van der Waals surface area contributed by atoms with Gasteiger partial charge in [0.2, 0.25) is 0 Å². The molecule has 3 nitrogen and oxygen atoms in total. The number of benzene rings is 1. The molecule has 0 aliphatic carbocycles. The fraction of sp³-hybridized carbons (Fsp3) is 0.400. The highest BCUT2D eigenvalue weighted by Gasteiger charge is 2.24. The Balaban J connectivity index is 2.37. The van der Waals surface area contributed by atoms with Crippen molar-refractivity contribution >= 4 is 5.69 Å². The minimum absolute atomic E-state index is 0.277. The summed E-state index contributed by atoms with van der Waals surface area (Å²) in [6.07, 6.45) is 0. The number of hydrogen-bond donors (Lipinski definition) is 2. The van der Waals surface area contributed by atoms with Gasteiger partial charge in [-0.25, -0.2) is 9.82 Å². The van der Waals surface area contributed by atoms with E-state index in [2.05, 4.69) is 10.9 Å². The summed E-state index contributed by atoms with van der Waals surface area (Å²) in [4.78, 5) is 0. The SMILES string of the molecule is CC1(C)CNNc2cc(F)ccc2O1. The zero-order valence-corrected chi connectivity index (χ0v) is 8.23. The maximum Gasteiger partial charge on any atom is 0.144 e. The molecule has 0 saturated heterocycles. The Bertz CT molecular complexity index is 352. The Kier molecular flexibility index (Phi) is 2.07. The Morgan fingerprint density at radius 1 is 1.43 bits per heavy atom. The van der Waals surface area contributed by atoms with Crippen LogP contribution in [0.1, 0.15) is 13.8 Å². The summed E-state index contributed by atoms with van der Waals surface area (Å²) in [6, 6.07) is 4.43. The molecule has 1 aliphatic rings. The molecule has 0 radical (unpaired) electrons. The molecular formula is C10H13FN2O. The molecule has 2 rings (SSSR count). The van der Waals surface area contributed by atoms with Crippen LogP contribution in [-0.2, 0) is 0 Å². The highest BCUT2D eigenvalue weighted by atomic mass is 19.1. The van der Waals surface area contributed by atoms with Gasteiger partial charge in [-0.1, -0.05) is 0 Å². The first kappa shape index (κ1) is 9.27. The third-order valence-electron chi connectivity index (χ3n) is 2.07. The lowest BCUT2D eigenvalue weighted by Crippen LogP contribution is -2.39. The molecule has 2 N–H and O–H groups in total. The highest BCUT2D eigenvalue weighted by Crippen LogP contribution is 2.29. The minimum atomic E-state index is -0.296. The number of rotatable bonds is 0. The van der Waals surface area contributed by atoms with Gasteiger partial charge in [-0.15, -0.1) is 0 Å². The van der Waals surface area contributed by atoms with Crippen molar-refractivity contribution in [3.05, 3.63) is 24.0 Å².